The van der Waals surface area contributed by atoms with Gasteiger partial charge in [-0.15, -0.1) is 11.3 Å². The van der Waals surface area contributed by atoms with E-state index in [1.807, 2.05) is 0 Å². The molecule has 0 amide bonds. The molecule has 1 rings (SSSR count). The molecule has 1 aromatic rings. The van der Waals surface area contributed by atoms with Gasteiger partial charge in [0.25, 0.3) is 0 Å². The number of hydrogen-bond acceptors (Lipinski definition) is 4. The smallest absolute Gasteiger partial charge is 0.133 e. The Morgan fingerprint density at radius 1 is 1.53 bits per heavy atom. The van der Waals surface area contributed by atoms with E-state index in [4.69, 9.17) is 5.11 Å². The average molecular weight is 255 g/mol. The van der Waals surface area contributed by atoms with E-state index in [1.165, 1.54) is 0 Å². The number of hydrogen-bond donors (Lipinski definition) is 1. The van der Waals surface area contributed by atoms with Crippen molar-refractivity contribution in [1.29, 1.82) is 0 Å². The normalized spacial score (nSPS) is 13.7. The van der Waals surface area contributed by atoms with Crippen molar-refractivity contribution in [3.63, 3.8) is 0 Å². The number of carbonyl (C=O) groups excluding carboxylic acids is 1. The lowest BCUT2D eigenvalue weighted by Crippen LogP contribution is -2.16. The molecule has 0 radical (unpaired) electrons. The SMILES string of the molecule is CC(=O)C(CCO)Cc1nc(C(C)(C)C)cs1. The summed E-state index contributed by atoms with van der Waals surface area (Å²) >= 11 is 1.60. The van der Waals surface area contributed by atoms with Crippen LogP contribution in [0.3, 0.4) is 0 Å². The maximum atomic E-state index is 11.4. The molecule has 1 unspecified atom stereocenters. The zero-order chi connectivity index (χ0) is 13.1. The molecule has 0 aliphatic heterocycles. The van der Waals surface area contributed by atoms with Crippen molar-refractivity contribution in [3.05, 3.63) is 16.1 Å². The van der Waals surface area contributed by atoms with Gasteiger partial charge >= 0.3 is 0 Å². The van der Waals surface area contributed by atoms with Gasteiger partial charge in [0, 0.05) is 29.7 Å². The van der Waals surface area contributed by atoms with Crippen LogP contribution in [0.25, 0.3) is 0 Å². The Labute approximate surface area is 107 Å². The minimum Gasteiger partial charge on any atom is -0.396 e. The number of thiazole rings is 1. The van der Waals surface area contributed by atoms with E-state index in [2.05, 4.69) is 31.1 Å². The number of aliphatic hydroxyl groups is 1. The molecule has 4 heteroatoms. The van der Waals surface area contributed by atoms with Crippen LogP contribution < -0.4 is 0 Å². The van der Waals surface area contributed by atoms with Gasteiger partial charge in [0.2, 0.25) is 0 Å². The van der Waals surface area contributed by atoms with Crippen LogP contribution in [-0.4, -0.2) is 22.5 Å². The predicted octanol–water partition coefficient (Wildman–Crippen LogP) is 2.57. The fourth-order valence-corrected chi connectivity index (χ4v) is 2.67. The second-order valence-corrected chi connectivity index (χ2v) is 6.34. The van der Waals surface area contributed by atoms with Crippen LogP contribution in [0.4, 0.5) is 0 Å². The summed E-state index contributed by atoms with van der Waals surface area (Å²) in [7, 11) is 0. The van der Waals surface area contributed by atoms with E-state index in [1.54, 1.807) is 18.3 Å². The molecule has 0 aromatic carbocycles. The van der Waals surface area contributed by atoms with Crippen LogP contribution in [0.15, 0.2) is 5.38 Å². The van der Waals surface area contributed by atoms with Crippen molar-refractivity contribution in [1.82, 2.24) is 4.98 Å². The first kappa shape index (κ1) is 14.3. The first-order valence-electron chi connectivity index (χ1n) is 5.90. The van der Waals surface area contributed by atoms with Gasteiger partial charge in [0.15, 0.2) is 0 Å². The Bertz CT molecular complexity index is 379. The van der Waals surface area contributed by atoms with E-state index >= 15 is 0 Å². The van der Waals surface area contributed by atoms with Gasteiger partial charge in [-0.2, -0.15) is 0 Å². The molecule has 3 nitrogen and oxygen atoms in total. The summed E-state index contributed by atoms with van der Waals surface area (Å²) in [5.74, 6) is 0.0329. The lowest BCUT2D eigenvalue weighted by Gasteiger charge is -2.14. The van der Waals surface area contributed by atoms with E-state index in [-0.39, 0.29) is 23.7 Å². The lowest BCUT2D eigenvalue weighted by atomic mass is 9.93. The molecule has 96 valence electrons. The average Bonchev–Trinajstić information content (AvgIpc) is 2.64. The van der Waals surface area contributed by atoms with Gasteiger partial charge in [-0.1, -0.05) is 20.8 Å². The maximum Gasteiger partial charge on any atom is 0.133 e. The number of ketones is 1. The van der Waals surface area contributed by atoms with Crippen molar-refractivity contribution >= 4 is 17.1 Å². The minimum absolute atomic E-state index is 0.0530. The third-order valence-electron chi connectivity index (χ3n) is 2.79. The van der Waals surface area contributed by atoms with Gasteiger partial charge in [-0.3, -0.25) is 4.79 Å². The summed E-state index contributed by atoms with van der Waals surface area (Å²) < 4.78 is 0. The minimum atomic E-state index is -0.0982. The maximum absolute atomic E-state index is 11.4. The van der Waals surface area contributed by atoms with E-state index < -0.39 is 0 Å². The quantitative estimate of drug-likeness (QED) is 0.879. The molecule has 0 spiro atoms. The molecule has 1 N–H and O–H groups in total. The fraction of sp³-hybridized carbons (Fsp3) is 0.692. The van der Waals surface area contributed by atoms with Crippen molar-refractivity contribution in [2.45, 2.75) is 46.0 Å². The molecule has 17 heavy (non-hydrogen) atoms. The summed E-state index contributed by atoms with van der Waals surface area (Å²) in [6.07, 6.45) is 1.18. The second-order valence-electron chi connectivity index (χ2n) is 5.40. The topological polar surface area (TPSA) is 50.2 Å². The van der Waals surface area contributed by atoms with Gasteiger partial charge < -0.3 is 5.11 Å². The van der Waals surface area contributed by atoms with Crippen molar-refractivity contribution in [3.8, 4) is 0 Å². The van der Waals surface area contributed by atoms with Gasteiger partial charge in [0.05, 0.1) is 10.7 Å². The third kappa shape index (κ3) is 4.21. The first-order chi connectivity index (χ1) is 7.84. The molecular weight excluding hydrogens is 234 g/mol. The predicted molar refractivity (Wildman–Crippen MR) is 70.4 cm³/mol. The zero-order valence-electron chi connectivity index (χ0n) is 11.0. The first-order valence-corrected chi connectivity index (χ1v) is 6.78. The van der Waals surface area contributed by atoms with Crippen molar-refractivity contribution < 1.29 is 9.90 Å². The highest BCUT2D eigenvalue weighted by Crippen LogP contribution is 2.25. The second kappa shape index (κ2) is 5.74. The molecule has 0 bridgehead atoms. The Morgan fingerprint density at radius 2 is 2.18 bits per heavy atom. The molecule has 1 heterocycles. The summed E-state index contributed by atoms with van der Waals surface area (Å²) in [6, 6.07) is 0. The zero-order valence-corrected chi connectivity index (χ0v) is 11.8. The van der Waals surface area contributed by atoms with Gasteiger partial charge in [-0.25, -0.2) is 4.98 Å². The molecular formula is C13H21NO2S. The molecule has 1 atom stereocenters. The molecule has 0 aliphatic carbocycles. The van der Waals surface area contributed by atoms with Crippen LogP contribution >= 0.6 is 11.3 Å². The van der Waals surface area contributed by atoms with Crippen molar-refractivity contribution in [2.75, 3.05) is 6.61 Å². The summed E-state index contributed by atoms with van der Waals surface area (Å²) in [5, 5.41) is 12.0. The molecule has 0 aliphatic rings. The van der Waals surface area contributed by atoms with Crippen LogP contribution in [0.2, 0.25) is 0 Å². The number of carbonyl (C=O) groups is 1. The molecule has 0 saturated heterocycles. The van der Waals surface area contributed by atoms with Gasteiger partial charge in [0.1, 0.15) is 5.78 Å². The molecule has 0 saturated carbocycles. The van der Waals surface area contributed by atoms with Crippen LogP contribution in [0.5, 0.6) is 0 Å². The highest BCUT2D eigenvalue weighted by Gasteiger charge is 2.20. The summed E-state index contributed by atoms with van der Waals surface area (Å²) in [5.41, 5.74) is 1.13. The van der Waals surface area contributed by atoms with Gasteiger partial charge in [-0.05, 0) is 13.3 Å². The number of Topliss-reactive ketones (excluding diaryl/α,β-unsaturated/α-hetero) is 1. The van der Waals surface area contributed by atoms with Crippen molar-refractivity contribution in [2.24, 2.45) is 5.92 Å². The van der Waals surface area contributed by atoms with E-state index in [0.29, 0.717) is 12.8 Å². The Morgan fingerprint density at radius 3 is 2.59 bits per heavy atom. The third-order valence-corrected chi connectivity index (χ3v) is 3.66. The monoisotopic (exact) mass is 255 g/mol. The van der Waals surface area contributed by atoms with Crippen LogP contribution in [-0.2, 0) is 16.6 Å². The number of nitrogens with zero attached hydrogens (tertiary/aromatic N) is 1. The standard InChI is InChI=1S/C13H21NO2S/c1-9(16)10(5-6-15)7-12-14-11(8-17-12)13(2,3)4/h8,10,15H,5-7H2,1-4H3. The Kier molecular flexibility index (Phi) is 4.83. The summed E-state index contributed by atoms with van der Waals surface area (Å²) in [4.78, 5) is 16.0. The number of aliphatic hydroxyl groups excluding tert-OH is 1. The molecule has 1 aromatic heterocycles. The Hall–Kier alpha value is -0.740. The summed E-state index contributed by atoms with van der Waals surface area (Å²) in [6.45, 7) is 8.02. The highest BCUT2D eigenvalue weighted by molar-refractivity contribution is 7.09. The van der Waals surface area contributed by atoms with Crippen LogP contribution in [0.1, 0.15) is 44.8 Å². The van der Waals surface area contributed by atoms with Crippen LogP contribution in [0, 0.1) is 5.92 Å². The fourth-order valence-electron chi connectivity index (χ4n) is 1.56. The Balaban J connectivity index is 2.74. The van der Waals surface area contributed by atoms with E-state index in [0.717, 1.165) is 10.7 Å². The number of rotatable bonds is 5. The number of aromatic nitrogens is 1. The molecule has 0 fully saturated rings. The highest BCUT2D eigenvalue weighted by atomic mass is 32.1. The van der Waals surface area contributed by atoms with E-state index in [9.17, 15) is 4.79 Å². The lowest BCUT2D eigenvalue weighted by molar-refractivity contribution is -0.121. The largest absolute Gasteiger partial charge is 0.396 e.